The highest BCUT2D eigenvalue weighted by Gasteiger charge is 2.31. The van der Waals surface area contributed by atoms with Crippen LogP contribution in [0.25, 0.3) is 10.8 Å². The molecule has 5 nitrogen and oxygen atoms in total. The Morgan fingerprint density at radius 1 is 1.00 bits per heavy atom. The fraction of sp³-hybridized carbons (Fsp3) is 0.333. The van der Waals surface area contributed by atoms with Gasteiger partial charge in [-0.05, 0) is 65.5 Å². The summed E-state index contributed by atoms with van der Waals surface area (Å²) in [4.78, 5) is 28.0. The van der Waals surface area contributed by atoms with Gasteiger partial charge in [0.25, 0.3) is 5.91 Å². The summed E-state index contributed by atoms with van der Waals surface area (Å²) in [5, 5.41) is 5.11. The summed E-state index contributed by atoms with van der Waals surface area (Å²) in [5.74, 6) is 0.185. The molecule has 0 aromatic heterocycles. The van der Waals surface area contributed by atoms with E-state index in [0.717, 1.165) is 20.8 Å². The highest BCUT2D eigenvalue weighted by atomic mass is 79.9. The zero-order chi connectivity index (χ0) is 24.0. The number of nitrogens with one attached hydrogen (secondary N) is 1. The molecule has 3 rings (SSSR count). The fourth-order valence-electron chi connectivity index (χ4n) is 3.70. The van der Waals surface area contributed by atoms with Crippen molar-refractivity contribution < 1.29 is 14.3 Å². The Hall–Kier alpha value is -2.86. The lowest BCUT2D eigenvalue weighted by atomic mass is 10.1. The summed E-state index contributed by atoms with van der Waals surface area (Å²) < 4.78 is 6.74. The van der Waals surface area contributed by atoms with Gasteiger partial charge >= 0.3 is 0 Å². The number of fused-ring (bicyclic) bond motifs is 1. The third kappa shape index (κ3) is 6.57. The van der Waals surface area contributed by atoms with Crippen LogP contribution in [0.15, 0.2) is 71.2 Å². The van der Waals surface area contributed by atoms with Crippen LogP contribution in [-0.4, -0.2) is 34.9 Å². The highest BCUT2D eigenvalue weighted by molar-refractivity contribution is 9.10. The number of halogens is 1. The summed E-state index contributed by atoms with van der Waals surface area (Å²) in [7, 11) is 0. The Balaban J connectivity index is 1.82. The number of ether oxygens (including phenoxy) is 1. The first kappa shape index (κ1) is 24.8. The molecule has 0 heterocycles. The summed E-state index contributed by atoms with van der Waals surface area (Å²) in [5.41, 5.74) is 0.568. The molecule has 0 spiro atoms. The van der Waals surface area contributed by atoms with Gasteiger partial charge < -0.3 is 15.0 Å². The second-order valence-electron chi connectivity index (χ2n) is 9.06. The zero-order valence-electron chi connectivity index (χ0n) is 19.6. The monoisotopic (exact) mass is 510 g/mol. The molecule has 33 heavy (non-hydrogen) atoms. The molecule has 0 aliphatic heterocycles. The van der Waals surface area contributed by atoms with Gasteiger partial charge in [0.2, 0.25) is 5.91 Å². The summed E-state index contributed by atoms with van der Waals surface area (Å²) >= 11 is 3.61. The van der Waals surface area contributed by atoms with Crippen molar-refractivity contribution in [3.05, 3.63) is 76.8 Å². The lowest BCUT2D eigenvalue weighted by Crippen LogP contribution is -2.54. The minimum Gasteiger partial charge on any atom is -0.483 e. The maximum absolute atomic E-state index is 13.4. The number of rotatable bonds is 8. The molecule has 3 aromatic rings. The second kappa shape index (κ2) is 10.8. The van der Waals surface area contributed by atoms with Crippen LogP contribution in [0.2, 0.25) is 0 Å². The van der Waals surface area contributed by atoms with Crippen LogP contribution in [0, 0.1) is 0 Å². The number of carbonyl (C=O) groups excluding carboxylic acids is 2. The number of amides is 2. The van der Waals surface area contributed by atoms with Crippen LogP contribution >= 0.6 is 15.9 Å². The molecular formula is C27H31BrN2O3. The van der Waals surface area contributed by atoms with Crippen LogP contribution in [0.1, 0.15) is 39.7 Å². The standard InChI is InChI=1S/C27H31BrN2O3/c1-5-22(26(32)29-27(2,3)4)30(17-19-11-7-6-8-12-19)24(31)18-33-23-16-15-20-13-9-10-14-21(20)25(23)28/h6-16,22H,5,17-18H2,1-4H3,(H,29,32). The third-order valence-corrected chi connectivity index (χ3v) is 6.08. The first-order valence-corrected chi connectivity index (χ1v) is 11.9. The van der Waals surface area contributed by atoms with Crippen molar-refractivity contribution in [2.45, 2.75) is 52.2 Å². The lowest BCUT2D eigenvalue weighted by Gasteiger charge is -2.33. The van der Waals surface area contributed by atoms with E-state index in [9.17, 15) is 9.59 Å². The number of benzene rings is 3. The molecule has 3 aromatic carbocycles. The fourth-order valence-corrected chi connectivity index (χ4v) is 4.31. The molecule has 0 bridgehead atoms. The molecule has 1 N–H and O–H groups in total. The lowest BCUT2D eigenvalue weighted by molar-refractivity contribution is -0.143. The normalized spacial score (nSPS) is 12.3. The molecule has 0 aliphatic rings. The van der Waals surface area contributed by atoms with Crippen molar-refractivity contribution in [3.8, 4) is 5.75 Å². The van der Waals surface area contributed by atoms with Gasteiger partial charge in [0, 0.05) is 12.1 Å². The van der Waals surface area contributed by atoms with E-state index in [1.807, 2.05) is 94.4 Å². The summed E-state index contributed by atoms with van der Waals surface area (Å²) in [6.45, 7) is 7.88. The van der Waals surface area contributed by atoms with Crippen molar-refractivity contribution in [1.82, 2.24) is 10.2 Å². The average Bonchev–Trinajstić information content (AvgIpc) is 2.78. The summed E-state index contributed by atoms with van der Waals surface area (Å²) in [6, 6.07) is 20.9. The SMILES string of the molecule is CCC(C(=O)NC(C)(C)C)N(Cc1ccccc1)C(=O)COc1ccc2ccccc2c1Br. The number of hydrogen-bond acceptors (Lipinski definition) is 3. The molecular weight excluding hydrogens is 480 g/mol. The molecule has 174 valence electrons. The van der Waals surface area contributed by atoms with Crippen molar-refractivity contribution >= 4 is 38.5 Å². The first-order chi connectivity index (χ1) is 15.7. The number of hydrogen-bond donors (Lipinski definition) is 1. The Bertz CT molecular complexity index is 1110. The van der Waals surface area contributed by atoms with Gasteiger partial charge in [-0.1, -0.05) is 67.6 Å². The van der Waals surface area contributed by atoms with Crippen molar-refractivity contribution in [1.29, 1.82) is 0 Å². The Labute approximate surface area is 204 Å². The van der Waals surface area contributed by atoms with E-state index in [2.05, 4.69) is 21.2 Å². The molecule has 0 radical (unpaired) electrons. The predicted molar refractivity (Wildman–Crippen MR) is 136 cm³/mol. The minimum absolute atomic E-state index is 0.164. The predicted octanol–water partition coefficient (Wildman–Crippen LogP) is 5.70. The van der Waals surface area contributed by atoms with Crippen LogP contribution in [0.3, 0.4) is 0 Å². The maximum atomic E-state index is 13.4. The Morgan fingerprint density at radius 3 is 2.33 bits per heavy atom. The Morgan fingerprint density at radius 2 is 1.67 bits per heavy atom. The summed E-state index contributed by atoms with van der Waals surface area (Å²) in [6.07, 6.45) is 0.500. The molecule has 1 unspecified atom stereocenters. The Kier molecular flexibility index (Phi) is 8.14. The molecule has 0 saturated carbocycles. The van der Waals surface area contributed by atoms with E-state index in [4.69, 9.17) is 4.74 Å². The van der Waals surface area contributed by atoms with Crippen molar-refractivity contribution in [2.24, 2.45) is 0 Å². The van der Waals surface area contributed by atoms with E-state index < -0.39 is 11.6 Å². The van der Waals surface area contributed by atoms with E-state index in [1.165, 1.54) is 0 Å². The smallest absolute Gasteiger partial charge is 0.261 e. The molecule has 0 saturated heterocycles. The van der Waals surface area contributed by atoms with Gasteiger partial charge in [-0.15, -0.1) is 0 Å². The topological polar surface area (TPSA) is 58.6 Å². The van der Waals surface area contributed by atoms with Gasteiger partial charge in [-0.2, -0.15) is 0 Å². The largest absolute Gasteiger partial charge is 0.483 e. The van der Waals surface area contributed by atoms with E-state index in [0.29, 0.717) is 18.7 Å². The van der Waals surface area contributed by atoms with Gasteiger partial charge in [0.15, 0.2) is 6.61 Å². The molecule has 0 fully saturated rings. The van der Waals surface area contributed by atoms with Crippen LogP contribution < -0.4 is 10.1 Å². The number of nitrogens with zero attached hydrogens (tertiary/aromatic N) is 1. The van der Waals surface area contributed by atoms with Gasteiger partial charge in [-0.25, -0.2) is 0 Å². The highest BCUT2D eigenvalue weighted by Crippen LogP contribution is 2.33. The molecule has 2 amide bonds. The number of carbonyl (C=O) groups is 2. The third-order valence-electron chi connectivity index (χ3n) is 5.26. The van der Waals surface area contributed by atoms with Gasteiger partial charge in [-0.3, -0.25) is 9.59 Å². The van der Waals surface area contributed by atoms with E-state index >= 15 is 0 Å². The first-order valence-electron chi connectivity index (χ1n) is 11.1. The molecule has 0 aliphatic carbocycles. The van der Waals surface area contributed by atoms with E-state index in [-0.39, 0.29) is 18.4 Å². The minimum atomic E-state index is -0.597. The van der Waals surface area contributed by atoms with Crippen molar-refractivity contribution in [2.75, 3.05) is 6.61 Å². The molecule has 6 heteroatoms. The van der Waals surface area contributed by atoms with Crippen LogP contribution in [0.5, 0.6) is 5.75 Å². The maximum Gasteiger partial charge on any atom is 0.261 e. The van der Waals surface area contributed by atoms with Crippen LogP contribution in [0.4, 0.5) is 0 Å². The van der Waals surface area contributed by atoms with Crippen molar-refractivity contribution in [3.63, 3.8) is 0 Å². The zero-order valence-corrected chi connectivity index (χ0v) is 21.2. The van der Waals surface area contributed by atoms with Gasteiger partial charge in [0.05, 0.1) is 4.47 Å². The second-order valence-corrected chi connectivity index (χ2v) is 9.85. The average molecular weight is 511 g/mol. The van der Waals surface area contributed by atoms with Crippen LogP contribution in [-0.2, 0) is 16.1 Å². The quantitative estimate of drug-likeness (QED) is 0.422. The van der Waals surface area contributed by atoms with Gasteiger partial charge in [0.1, 0.15) is 11.8 Å². The van der Waals surface area contributed by atoms with E-state index in [1.54, 1.807) is 4.90 Å². The molecule has 1 atom stereocenters.